The van der Waals surface area contributed by atoms with Crippen LogP contribution in [0, 0.1) is 5.92 Å². The number of piperidine rings is 1. The fraction of sp³-hybridized carbons (Fsp3) is 0.611. The van der Waals surface area contributed by atoms with E-state index < -0.39 is 0 Å². The molecule has 1 aromatic carbocycles. The molecule has 0 spiro atoms. The number of rotatable bonds is 4. The van der Waals surface area contributed by atoms with Crippen molar-refractivity contribution in [2.24, 2.45) is 5.92 Å². The molecule has 2 heteroatoms. The number of likely N-dealkylation sites (tertiary alicyclic amines) is 1. The van der Waals surface area contributed by atoms with Gasteiger partial charge in [-0.2, -0.15) is 0 Å². The van der Waals surface area contributed by atoms with Crippen LogP contribution in [0.15, 0.2) is 24.3 Å². The van der Waals surface area contributed by atoms with E-state index in [0.717, 1.165) is 18.0 Å². The highest BCUT2D eigenvalue weighted by molar-refractivity contribution is 5.97. The van der Waals surface area contributed by atoms with Crippen LogP contribution in [-0.2, 0) is 0 Å². The number of nitrogens with zero attached hydrogens (tertiary/aromatic N) is 1. The Morgan fingerprint density at radius 3 is 2.45 bits per heavy atom. The molecule has 2 rings (SSSR count). The van der Waals surface area contributed by atoms with Gasteiger partial charge in [0.1, 0.15) is 0 Å². The van der Waals surface area contributed by atoms with E-state index in [1.165, 1.54) is 18.4 Å². The van der Waals surface area contributed by atoms with Crippen LogP contribution in [0.1, 0.15) is 62.4 Å². The molecule has 1 aliphatic heterocycles. The summed E-state index contributed by atoms with van der Waals surface area (Å²) in [7, 11) is 0. The van der Waals surface area contributed by atoms with Gasteiger partial charge in [0.15, 0.2) is 5.78 Å². The van der Waals surface area contributed by atoms with E-state index in [-0.39, 0.29) is 5.78 Å². The minimum absolute atomic E-state index is 0.252. The van der Waals surface area contributed by atoms with Crippen molar-refractivity contribution in [3.8, 4) is 0 Å². The van der Waals surface area contributed by atoms with Gasteiger partial charge in [-0.25, -0.2) is 0 Å². The van der Waals surface area contributed by atoms with Crippen molar-refractivity contribution in [3.63, 3.8) is 0 Å². The molecule has 1 aromatic rings. The molecule has 2 unspecified atom stereocenters. The minimum atomic E-state index is 0.252. The molecule has 0 N–H and O–H groups in total. The van der Waals surface area contributed by atoms with Gasteiger partial charge in [0, 0.05) is 11.6 Å². The molecular weight excluding hydrogens is 246 g/mol. The Bertz CT molecular complexity index is 449. The van der Waals surface area contributed by atoms with Crippen molar-refractivity contribution >= 4 is 5.78 Å². The number of carbonyl (C=O) groups is 1. The second-order valence-electron chi connectivity index (χ2n) is 6.65. The summed E-state index contributed by atoms with van der Waals surface area (Å²) in [6.07, 6.45) is 2.42. The zero-order valence-electron chi connectivity index (χ0n) is 13.2. The lowest BCUT2D eigenvalue weighted by atomic mass is 9.93. The van der Waals surface area contributed by atoms with Gasteiger partial charge < -0.3 is 0 Å². The lowest BCUT2D eigenvalue weighted by Gasteiger charge is -2.35. The van der Waals surface area contributed by atoms with E-state index in [2.05, 4.69) is 44.7 Å². The van der Waals surface area contributed by atoms with Crippen molar-refractivity contribution in [1.82, 2.24) is 4.90 Å². The Hall–Kier alpha value is -1.15. The molecule has 20 heavy (non-hydrogen) atoms. The van der Waals surface area contributed by atoms with Gasteiger partial charge in [-0.3, -0.25) is 9.69 Å². The molecule has 2 nitrogen and oxygen atoms in total. The standard InChI is InChI=1S/C18H27NO/c1-13(2)16-5-7-17(8-6-16)18(20)12-19-10-9-14(3)11-15(19)4/h5-8,13-15H,9-12H2,1-4H3. The Labute approximate surface area is 123 Å². The smallest absolute Gasteiger partial charge is 0.176 e. The van der Waals surface area contributed by atoms with E-state index in [9.17, 15) is 4.79 Å². The SMILES string of the molecule is CC1CCN(CC(=O)c2ccc(C(C)C)cc2)C(C)C1. The quantitative estimate of drug-likeness (QED) is 0.769. The zero-order chi connectivity index (χ0) is 14.7. The maximum absolute atomic E-state index is 12.4. The number of benzene rings is 1. The molecule has 0 saturated carbocycles. The van der Waals surface area contributed by atoms with Crippen molar-refractivity contribution in [3.05, 3.63) is 35.4 Å². The van der Waals surface area contributed by atoms with E-state index in [1.807, 2.05) is 12.1 Å². The van der Waals surface area contributed by atoms with Gasteiger partial charge in [0.25, 0.3) is 0 Å². The molecular formula is C18H27NO. The monoisotopic (exact) mass is 273 g/mol. The van der Waals surface area contributed by atoms with Crippen LogP contribution in [0.4, 0.5) is 0 Å². The third kappa shape index (κ3) is 3.69. The van der Waals surface area contributed by atoms with Crippen LogP contribution < -0.4 is 0 Å². The third-order valence-electron chi connectivity index (χ3n) is 4.52. The average Bonchev–Trinajstić information content (AvgIpc) is 2.42. The summed E-state index contributed by atoms with van der Waals surface area (Å²) in [5.41, 5.74) is 2.14. The molecule has 0 aromatic heterocycles. The first kappa shape index (κ1) is 15.2. The van der Waals surface area contributed by atoms with E-state index in [1.54, 1.807) is 0 Å². The highest BCUT2D eigenvalue weighted by Gasteiger charge is 2.24. The van der Waals surface area contributed by atoms with Crippen LogP contribution in [0.2, 0.25) is 0 Å². The highest BCUT2D eigenvalue weighted by atomic mass is 16.1. The number of Topliss-reactive ketones (excluding diaryl/α,β-unsaturated/α-hetero) is 1. The minimum Gasteiger partial charge on any atom is -0.293 e. The second kappa shape index (κ2) is 6.53. The molecule has 0 bridgehead atoms. The summed E-state index contributed by atoms with van der Waals surface area (Å²) >= 11 is 0. The molecule has 0 aliphatic carbocycles. The summed E-state index contributed by atoms with van der Waals surface area (Å²) in [6, 6.07) is 8.65. The predicted octanol–water partition coefficient (Wildman–Crippen LogP) is 4.11. The van der Waals surface area contributed by atoms with Crippen molar-refractivity contribution in [2.75, 3.05) is 13.1 Å². The van der Waals surface area contributed by atoms with Crippen LogP contribution >= 0.6 is 0 Å². The van der Waals surface area contributed by atoms with Gasteiger partial charge in [-0.1, -0.05) is 45.0 Å². The first-order valence-corrected chi connectivity index (χ1v) is 7.84. The zero-order valence-corrected chi connectivity index (χ0v) is 13.2. The van der Waals surface area contributed by atoms with Crippen molar-refractivity contribution in [1.29, 1.82) is 0 Å². The molecule has 1 aliphatic rings. The van der Waals surface area contributed by atoms with Gasteiger partial charge >= 0.3 is 0 Å². The summed E-state index contributed by atoms with van der Waals surface area (Å²) in [4.78, 5) is 14.7. The lowest BCUT2D eigenvalue weighted by Crippen LogP contribution is -2.43. The van der Waals surface area contributed by atoms with Crippen LogP contribution in [0.25, 0.3) is 0 Å². The summed E-state index contributed by atoms with van der Waals surface area (Å²) in [5, 5.41) is 0. The van der Waals surface area contributed by atoms with Crippen LogP contribution in [0.3, 0.4) is 0 Å². The largest absolute Gasteiger partial charge is 0.293 e. The Kier molecular flexibility index (Phi) is 4.98. The van der Waals surface area contributed by atoms with Gasteiger partial charge in [0.05, 0.1) is 6.54 Å². The van der Waals surface area contributed by atoms with Gasteiger partial charge in [-0.05, 0) is 43.7 Å². The van der Waals surface area contributed by atoms with Gasteiger partial charge in [0.2, 0.25) is 0 Å². The lowest BCUT2D eigenvalue weighted by molar-refractivity contribution is 0.0816. The molecule has 0 amide bonds. The highest BCUT2D eigenvalue weighted by Crippen LogP contribution is 2.22. The normalized spacial score (nSPS) is 24.1. The fourth-order valence-electron chi connectivity index (χ4n) is 3.02. The number of ketones is 1. The van der Waals surface area contributed by atoms with Crippen molar-refractivity contribution in [2.45, 2.75) is 52.5 Å². The summed E-state index contributed by atoms with van der Waals surface area (Å²) in [5.74, 6) is 1.56. The van der Waals surface area contributed by atoms with Crippen LogP contribution in [-0.4, -0.2) is 29.8 Å². The number of hydrogen-bond donors (Lipinski definition) is 0. The maximum atomic E-state index is 12.4. The topological polar surface area (TPSA) is 20.3 Å². The fourth-order valence-corrected chi connectivity index (χ4v) is 3.02. The van der Waals surface area contributed by atoms with E-state index in [0.29, 0.717) is 18.5 Å². The Morgan fingerprint density at radius 1 is 1.25 bits per heavy atom. The summed E-state index contributed by atoms with van der Waals surface area (Å²) in [6.45, 7) is 10.5. The van der Waals surface area contributed by atoms with Crippen molar-refractivity contribution < 1.29 is 4.79 Å². The predicted molar refractivity (Wildman–Crippen MR) is 84.3 cm³/mol. The number of carbonyl (C=O) groups excluding carboxylic acids is 1. The van der Waals surface area contributed by atoms with Crippen LogP contribution in [0.5, 0.6) is 0 Å². The average molecular weight is 273 g/mol. The Morgan fingerprint density at radius 2 is 1.90 bits per heavy atom. The molecule has 1 fully saturated rings. The maximum Gasteiger partial charge on any atom is 0.176 e. The number of hydrogen-bond acceptors (Lipinski definition) is 2. The summed E-state index contributed by atoms with van der Waals surface area (Å²) < 4.78 is 0. The molecule has 110 valence electrons. The molecule has 1 saturated heterocycles. The molecule has 2 atom stereocenters. The third-order valence-corrected chi connectivity index (χ3v) is 4.52. The Balaban J connectivity index is 1.97. The first-order chi connectivity index (χ1) is 9.47. The second-order valence-corrected chi connectivity index (χ2v) is 6.65. The van der Waals surface area contributed by atoms with E-state index >= 15 is 0 Å². The van der Waals surface area contributed by atoms with E-state index in [4.69, 9.17) is 0 Å². The van der Waals surface area contributed by atoms with Gasteiger partial charge in [-0.15, -0.1) is 0 Å². The molecule has 1 heterocycles. The first-order valence-electron chi connectivity index (χ1n) is 7.84. The molecule has 0 radical (unpaired) electrons.